The Morgan fingerprint density at radius 3 is 2.32 bits per heavy atom. The summed E-state index contributed by atoms with van der Waals surface area (Å²) in [6.07, 6.45) is 3.80. The molecule has 0 radical (unpaired) electrons. The van der Waals surface area contributed by atoms with E-state index in [1.54, 1.807) is 4.90 Å². The highest BCUT2D eigenvalue weighted by Gasteiger charge is 2.31. The second-order valence-electron chi connectivity index (χ2n) is 10.0. The highest BCUT2D eigenvalue weighted by molar-refractivity contribution is 7.89. The lowest BCUT2D eigenvalue weighted by Gasteiger charge is -2.42. The smallest absolute Gasteiger partial charge is 0.410 e. The molecule has 1 saturated carbocycles. The third-order valence-electron chi connectivity index (χ3n) is 6.37. The van der Waals surface area contributed by atoms with Crippen LogP contribution < -0.4 is 10.5 Å². The molecule has 1 heterocycles. The van der Waals surface area contributed by atoms with Gasteiger partial charge in [0.1, 0.15) is 11.3 Å². The van der Waals surface area contributed by atoms with Gasteiger partial charge in [0, 0.05) is 44.8 Å². The Kier molecular flexibility index (Phi) is 8.04. The van der Waals surface area contributed by atoms with Crippen molar-refractivity contribution in [3.63, 3.8) is 0 Å². The van der Waals surface area contributed by atoms with Crippen molar-refractivity contribution in [3.05, 3.63) is 28.3 Å². The van der Waals surface area contributed by atoms with Crippen LogP contribution in [0.25, 0.3) is 0 Å². The van der Waals surface area contributed by atoms with Crippen molar-refractivity contribution in [3.8, 4) is 0 Å². The van der Waals surface area contributed by atoms with Crippen LogP contribution in [0.1, 0.15) is 46.5 Å². The van der Waals surface area contributed by atoms with Crippen LogP contribution in [-0.2, 0) is 14.8 Å². The molecule has 2 aliphatic rings. The second kappa shape index (κ2) is 10.4. The summed E-state index contributed by atoms with van der Waals surface area (Å²) >= 11 is 0. The number of sulfonamides is 1. The van der Waals surface area contributed by atoms with E-state index in [0.717, 1.165) is 44.8 Å². The number of piperazine rings is 1. The van der Waals surface area contributed by atoms with Crippen LogP contribution in [0.3, 0.4) is 0 Å². The first-order valence-corrected chi connectivity index (χ1v) is 13.2. The van der Waals surface area contributed by atoms with Crippen molar-refractivity contribution in [2.75, 3.05) is 38.0 Å². The molecule has 1 saturated heterocycles. The quantitative estimate of drug-likeness (QED) is 0.450. The standard InChI is InChI=1S/C22H35N5O6S/c1-22(2,3)33-21(28)26-12-10-25(11-13-26)17-6-4-16(5-7-17)15-24-19-9-8-18(34(23,31)32)14-20(19)27(29)30/h8-9,14,16-17,24H,4-7,10-13,15H2,1-3H3,(H2,23,31,32)/t16-,17-. The van der Waals surface area contributed by atoms with E-state index in [4.69, 9.17) is 9.88 Å². The number of primary sulfonamides is 1. The Labute approximate surface area is 200 Å². The SMILES string of the molecule is CC(C)(C)OC(=O)N1CCN([C@H]2CC[C@H](CNc3ccc(S(N)(=O)=O)cc3[N+](=O)[O-])CC2)CC1. The molecule has 34 heavy (non-hydrogen) atoms. The summed E-state index contributed by atoms with van der Waals surface area (Å²) in [4.78, 5) is 27.0. The van der Waals surface area contributed by atoms with E-state index >= 15 is 0 Å². The average molecular weight is 498 g/mol. The average Bonchev–Trinajstić information content (AvgIpc) is 2.76. The molecule has 12 heteroatoms. The number of nitro groups is 1. The Bertz CT molecular complexity index is 994. The van der Waals surface area contributed by atoms with Crippen molar-refractivity contribution in [1.82, 2.24) is 9.80 Å². The monoisotopic (exact) mass is 497 g/mol. The van der Waals surface area contributed by atoms with Gasteiger partial charge < -0.3 is 15.0 Å². The normalized spacial score (nSPS) is 22.3. The number of hydrogen-bond acceptors (Lipinski definition) is 8. The molecular formula is C22H35N5O6S. The minimum Gasteiger partial charge on any atom is -0.444 e. The maximum Gasteiger partial charge on any atom is 0.410 e. The van der Waals surface area contributed by atoms with Gasteiger partial charge in [-0.3, -0.25) is 15.0 Å². The summed E-state index contributed by atoms with van der Waals surface area (Å²) < 4.78 is 28.5. The molecule has 0 aromatic heterocycles. The number of amides is 1. The van der Waals surface area contributed by atoms with Crippen molar-refractivity contribution in [2.45, 2.75) is 63.0 Å². The number of nitro benzene ring substituents is 1. The van der Waals surface area contributed by atoms with Gasteiger partial charge in [0.15, 0.2) is 0 Å². The molecule has 3 rings (SSSR count). The van der Waals surface area contributed by atoms with E-state index in [1.165, 1.54) is 12.1 Å². The summed E-state index contributed by atoms with van der Waals surface area (Å²) in [7, 11) is -4.01. The molecule has 0 unspecified atom stereocenters. The van der Waals surface area contributed by atoms with Gasteiger partial charge in [-0.05, 0) is 64.5 Å². The molecule has 3 N–H and O–H groups in total. The number of anilines is 1. The second-order valence-corrected chi connectivity index (χ2v) is 11.6. The number of hydrogen-bond donors (Lipinski definition) is 2. The van der Waals surface area contributed by atoms with Crippen molar-refractivity contribution in [1.29, 1.82) is 0 Å². The van der Waals surface area contributed by atoms with Gasteiger partial charge >= 0.3 is 6.09 Å². The highest BCUT2D eigenvalue weighted by Crippen LogP contribution is 2.31. The third kappa shape index (κ3) is 7.03. The topological polar surface area (TPSA) is 148 Å². The minimum absolute atomic E-state index is 0.256. The Hall–Kier alpha value is -2.44. The Morgan fingerprint density at radius 1 is 1.18 bits per heavy atom. The summed E-state index contributed by atoms with van der Waals surface area (Å²) in [6.45, 7) is 9.16. The molecule has 0 atom stereocenters. The van der Waals surface area contributed by atoms with Crippen LogP contribution in [0.5, 0.6) is 0 Å². The van der Waals surface area contributed by atoms with Gasteiger partial charge in [0.2, 0.25) is 10.0 Å². The zero-order valence-electron chi connectivity index (χ0n) is 20.0. The maximum absolute atomic E-state index is 12.3. The van der Waals surface area contributed by atoms with Crippen molar-refractivity contribution >= 4 is 27.5 Å². The maximum atomic E-state index is 12.3. The summed E-state index contributed by atoms with van der Waals surface area (Å²) in [5.41, 5.74) is -0.508. The van der Waals surface area contributed by atoms with Gasteiger partial charge in [-0.2, -0.15) is 0 Å². The van der Waals surface area contributed by atoms with E-state index in [1.807, 2.05) is 20.8 Å². The molecule has 1 amide bonds. The molecular weight excluding hydrogens is 462 g/mol. The van der Waals surface area contributed by atoms with E-state index in [2.05, 4.69) is 10.2 Å². The molecule has 2 fully saturated rings. The number of nitrogens with two attached hydrogens (primary N) is 1. The first kappa shape index (κ1) is 26.2. The summed E-state index contributed by atoms with van der Waals surface area (Å²) in [5.74, 6) is 0.372. The number of carbonyl (C=O) groups excluding carboxylic acids is 1. The zero-order valence-corrected chi connectivity index (χ0v) is 20.8. The van der Waals surface area contributed by atoms with Crippen LogP contribution >= 0.6 is 0 Å². The van der Waals surface area contributed by atoms with Crippen LogP contribution in [0, 0.1) is 16.0 Å². The zero-order chi connectivity index (χ0) is 25.1. The molecule has 190 valence electrons. The van der Waals surface area contributed by atoms with Gasteiger partial charge in [-0.15, -0.1) is 0 Å². The molecule has 1 aliphatic carbocycles. The fraction of sp³-hybridized carbons (Fsp3) is 0.682. The molecule has 1 aromatic rings. The molecule has 11 nitrogen and oxygen atoms in total. The first-order valence-electron chi connectivity index (χ1n) is 11.6. The third-order valence-corrected chi connectivity index (χ3v) is 7.29. The van der Waals surface area contributed by atoms with E-state index in [0.29, 0.717) is 31.6 Å². The number of ether oxygens (including phenoxy) is 1. The van der Waals surface area contributed by atoms with E-state index < -0.39 is 20.5 Å². The number of rotatable bonds is 6. The lowest BCUT2D eigenvalue weighted by Crippen LogP contribution is -2.53. The predicted molar refractivity (Wildman–Crippen MR) is 128 cm³/mol. The fourth-order valence-electron chi connectivity index (χ4n) is 4.55. The largest absolute Gasteiger partial charge is 0.444 e. The van der Waals surface area contributed by atoms with E-state index in [9.17, 15) is 23.3 Å². The van der Waals surface area contributed by atoms with E-state index in [-0.39, 0.29) is 22.4 Å². The van der Waals surface area contributed by atoms with Gasteiger partial charge in [-0.1, -0.05) is 0 Å². The predicted octanol–water partition coefficient (Wildman–Crippen LogP) is 2.77. The highest BCUT2D eigenvalue weighted by atomic mass is 32.2. The number of nitrogens with one attached hydrogen (secondary N) is 1. The number of nitrogens with zero attached hydrogens (tertiary/aromatic N) is 3. The van der Waals surface area contributed by atoms with Crippen LogP contribution in [0.2, 0.25) is 0 Å². The van der Waals surface area contributed by atoms with Crippen molar-refractivity contribution in [2.24, 2.45) is 11.1 Å². The molecule has 0 bridgehead atoms. The summed E-state index contributed by atoms with van der Waals surface area (Å²) in [6, 6.07) is 4.14. The Balaban J connectivity index is 1.46. The van der Waals surface area contributed by atoms with Gasteiger partial charge in [-0.25, -0.2) is 18.4 Å². The van der Waals surface area contributed by atoms with Crippen molar-refractivity contribution < 1.29 is 22.9 Å². The number of carbonyl (C=O) groups is 1. The Morgan fingerprint density at radius 2 is 1.79 bits per heavy atom. The summed E-state index contributed by atoms with van der Waals surface area (Å²) in [5, 5.41) is 19.6. The number of benzene rings is 1. The lowest BCUT2D eigenvalue weighted by molar-refractivity contribution is -0.384. The molecule has 1 aliphatic heterocycles. The minimum atomic E-state index is -4.01. The van der Waals surface area contributed by atoms with Gasteiger partial charge in [0.05, 0.1) is 9.82 Å². The fourth-order valence-corrected chi connectivity index (χ4v) is 5.09. The lowest BCUT2D eigenvalue weighted by atomic mass is 9.85. The van der Waals surface area contributed by atoms with Crippen LogP contribution in [0.15, 0.2) is 23.1 Å². The molecule has 0 spiro atoms. The van der Waals surface area contributed by atoms with Crippen LogP contribution in [-0.4, -0.2) is 73.6 Å². The van der Waals surface area contributed by atoms with Crippen LogP contribution in [0.4, 0.5) is 16.2 Å². The first-order chi connectivity index (χ1) is 15.8. The van der Waals surface area contributed by atoms with Gasteiger partial charge in [0.25, 0.3) is 5.69 Å². The molecule has 1 aromatic carbocycles.